The first-order valence-electron chi connectivity index (χ1n) is 10.7. The second-order valence-electron chi connectivity index (χ2n) is 9.24. The largest absolute Gasteiger partial charge is 0.507 e. The van der Waals surface area contributed by atoms with Gasteiger partial charge in [-0.3, -0.25) is 14.5 Å². The van der Waals surface area contributed by atoms with E-state index in [9.17, 15) is 14.7 Å². The Morgan fingerprint density at radius 2 is 1.44 bits per heavy atom. The number of benzene rings is 3. The van der Waals surface area contributed by atoms with E-state index in [-0.39, 0.29) is 16.7 Å². The normalized spacial score (nSPS) is 18.2. The van der Waals surface area contributed by atoms with Crippen LogP contribution in [0.25, 0.3) is 5.76 Å². The lowest BCUT2D eigenvalue weighted by atomic mass is 9.87. The third kappa shape index (κ3) is 3.84. The number of aryl methyl sites for hydroxylation is 1. The summed E-state index contributed by atoms with van der Waals surface area (Å²) in [6, 6.07) is 23.6. The van der Waals surface area contributed by atoms with Crippen molar-refractivity contribution in [3.63, 3.8) is 0 Å². The number of nitrogens with zero attached hydrogens (tertiary/aromatic N) is 1. The van der Waals surface area contributed by atoms with Crippen molar-refractivity contribution < 1.29 is 14.7 Å². The Morgan fingerprint density at radius 3 is 2.00 bits per heavy atom. The Labute approximate surface area is 188 Å². The van der Waals surface area contributed by atoms with Crippen molar-refractivity contribution in [2.75, 3.05) is 4.90 Å². The van der Waals surface area contributed by atoms with Crippen LogP contribution in [-0.4, -0.2) is 16.8 Å². The van der Waals surface area contributed by atoms with Gasteiger partial charge in [-0.15, -0.1) is 0 Å². The van der Waals surface area contributed by atoms with E-state index in [1.54, 1.807) is 12.1 Å². The van der Waals surface area contributed by atoms with Gasteiger partial charge in [-0.05, 0) is 35.6 Å². The van der Waals surface area contributed by atoms with Gasteiger partial charge >= 0.3 is 0 Å². The fraction of sp³-hybridized carbons (Fsp3) is 0.214. The van der Waals surface area contributed by atoms with Crippen LogP contribution in [0.5, 0.6) is 0 Å². The van der Waals surface area contributed by atoms with Gasteiger partial charge in [-0.2, -0.15) is 0 Å². The van der Waals surface area contributed by atoms with Crippen molar-refractivity contribution in [1.82, 2.24) is 0 Å². The Balaban J connectivity index is 1.88. The first kappa shape index (κ1) is 21.6. The van der Waals surface area contributed by atoms with Gasteiger partial charge < -0.3 is 5.11 Å². The zero-order valence-electron chi connectivity index (χ0n) is 18.8. The van der Waals surface area contributed by atoms with Gasteiger partial charge in [0.05, 0.1) is 11.6 Å². The van der Waals surface area contributed by atoms with Crippen LogP contribution >= 0.6 is 0 Å². The minimum Gasteiger partial charge on any atom is -0.507 e. The molecule has 0 aliphatic carbocycles. The van der Waals surface area contributed by atoms with Gasteiger partial charge in [-0.25, -0.2) is 0 Å². The summed E-state index contributed by atoms with van der Waals surface area (Å²) in [5.41, 5.74) is 4.14. The molecule has 4 nitrogen and oxygen atoms in total. The van der Waals surface area contributed by atoms with Crippen molar-refractivity contribution >= 4 is 23.1 Å². The molecular weight excluding hydrogens is 398 g/mol. The number of aliphatic hydroxyl groups is 1. The van der Waals surface area contributed by atoms with Crippen LogP contribution in [-0.2, 0) is 15.0 Å². The maximum Gasteiger partial charge on any atom is 0.300 e. The van der Waals surface area contributed by atoms with E-state index in [2.05, 4.69) is 20.8 Å². The number of carbonyl (C=O) groups is 2. The van der Waals surface area contributed by atoms with Crippen molar-refractivity contribution in [2.45, 2.75) is 39.2 Å². The molecule has 1 atom stereocenters. The van der Waals surface area contributed by atoms with E-state index in [4.69, 9.17) is 0 Å². The first-order chi connectivity index (χ1) is 15.2. The summed E-state index contributed by atoms with van der Waals surface area (Å²) in [7, 11) is 0. The van der Waals surface area contributed by atoms with Gasteiger partial charge in [0.2, 0.25) is 0 Å². The highest BCUT2D eigenvalue weighted by Crippen LogP contribution is 2.42. The predicted molar refractivity (Wildman–Crippen MR) is 128 cm³/mol. The Bertz CT molecular complexity index is 1180. The lowest BCUT2D eigenvalue weighted by molar-refractivity contribution is -0.132. The average Bonchev–Trinajstić information content (AvgIpc) is 3.04. The summed E-state index contributed by atoms with van der Waals surface area (Å²) in [4.78, 5) is 27.9. The molecule has 1 N–H and O–H groups in total. The maximum absolute atomic E-state index is 13.2. The minimum absolute atomic E-state index is 0.0308. The van der Waals surface area contributed by atoms with Crippen molar-refractivity contribution in [3.05, 3.63) is 107 Å². The Kier molecular flexibility index (Phi) is 5.47. The van der Waals surface area contributed by atoms with Crippen LogP contribution in [0.1, 0.15) is 49.1 Å². The van der Waals surface area contributed by atoms with Crippen LogP contribution in [0.2, 0.25) is 0 Å². The molecule has 1 heterocycles. The van der Waals surface area contributed by atoms with Crippen LogP contribution in [0.15, 0.2) is 84.4 Å². The number of ketones is 1. The van der Waals surface area contributed by atoms with E-state index in [1.165, 1.54) is 4.90 Å². The number of aliphatic hydroxyl groups excluding tert-OH is 1. The number of anilines is 1. The van der Waals surface area contributed by atoms with Gasteiger partial charge in [0.1, 0.15) is 5.76 Å². The van der Waals surface area contributed by atoms with Crippen molar-refractivity contribution in [2.24, 2.45) is 0 Å². The minimum atomic E-state index is -0.710. The third-order valence-electron chi connectivity index (χ3n) is 5.90. The zero-order chi connectivity index (χ0) is 23.0. The molecule has 162 valence electrons. The number of amides is 1. The molecule has 0 saturated carbocycles. The number of carbonyl (C=O) groups excluding carboxylic acids is 2. The van der Waals surface area contributed by atoms with E-state index < -0.39 is 17.7 Å². The smallest absolute Gasteiger partial charge is 0.300 e. The third-order valence-corrected chi connectivity index (χ3v) is 5.90. The van der Waals surface area contributed by atoms with Gasteiger partial charge in [-0.1, -0.05) is 93.1 Å². The average molecular weight is 426 g/mol. The summed E-state index contributed by atoms with van der Waals surface area (Å²) in [5.74, 6) is -1.49. The quantitative estimate of drug-likeness (QED) is 0.322. The monoisotopic (exact) mass is 425 g/mol. The fourth-order valence-electron chi connectivity index (χ4n) is 4.04. The molecule has 0 spiro atoms. The lowest BCUT2D eigenvalue weighted by Crippen LogP contribution is -2.29. The van der Waals surface area contributed by atoms with E-state index in [0.29, 0.717) is 11.3 Å². The molecule has 0 aromatic heterocycles. The molecule has 0 bridgehead atoms. The van der Waals surface area contributed by atoms with Gasteiger partial charge in [0, 0.05) is 11.3 Å². The Morgan fingerprint density at radius 1 is 0.844 bits per heavy atom. The second-order valence-corrected chi connectivity index (χ2v) is 9.24. The number of Topliss-reactive ketones (excluding diaryl/α,β-unsaturated/α-hetero) is 1. The molecule has 1 aliphatic heterocycles. The lowest BCUT2D eigenvalue weighted by Gasteiger charge is -2.26. The zero-order valence-corrected chi connectivity index (χ0v) is 18.8. The van der Waals surface area contributed by atoms with Crippen LogP contribution in [0, 0.1) is 6.92 Å². The fourth-order valence-corrected chi connectivity index (χ4v) is 4.04. The molecule has 1 saturated heterocycles. The Hall–Kier alpha value is -3.66. The SMILES string of the molecule is Cc1ccc(/C(O)=C2\C(=O)C(=O)N(c3ccc(C(C)(C)C)cc3)C2c2ccccc2)cc1. The number of hydrogen-bond acceptors (Lipinski definition) is 3. The summed E-state index contributed by atoms with van der Waals surface area (Å²) in [6.45, 7) is 8.33. The molecule has 3 aromatic carbocycles. The molecule has 1 unspecified atom stereocenters. The molecule has 32 heavy (non-hydrogen) atoms. The molecule has 4 rings (SSSR count). The van der Waals surface area contributed by atoms with Gasteiger partial charge in [0.25, 0.3) is 11.7 Å². The number of rotatable bonds is 3. The topological polar surface area (TPSA) is 57.6 Å². The van der Waals surface area contributed by atoms with Crippen molar-refractivity contribution in [3.8, 4) is 0 Å². The predicted octanol–water partition coefficient (Wildman–Crippen LogP) is 5.92. The molecule has 3 aromatic rings. The first-order valence-corrected chi connectivity index (χ1v) is 10.7. The highest BCUT2D eigenvalue weighted by molar-refractivity contribution is 6.51. The van der Waals surface area contributed by atoms with Crippen LogP contribution in [0.4, 0.5) is 5.69 Å². The summed E-state index contributed by atoms with van der Waals surface area (Å²) >= 11 is 0. The van der Waals surface area contributed by atoms with Crippen LogP contribution < -0.4 is 4.90 Å². The standard InChI is InChI=1S/C28H27NO3/c1-18-10-12-20(13-11-18)25(30)23-24(19-8-6-5-7-9-19)29(27(32)26(23)31)22-16-14-21(15-17-22)28(2,3)4/h5-17,24,30H,1-4H3/b25-23+. The molecule has 4 heteroatoms. The summed E-state index contributed by atoms with van der Waals surface area (Å²) in [5, 5.41) is 11.1. The molecule has 0 radical (unpaired) electrons. The highest BCUT2D eigenvalue weighted by atomic mass is 16.3. The maximum atomic E-state index is 13.2. The second kappa shape index (κ2) is 8.12. The van der Waals surface area contributed by atoms with Crippen LogP contribution in [0.3, 0.4) is 0 Å². The molecular formula is C28H27NO3. The highest BCUT2D eigenvalue weighted by Gasteiger charge is 2.46. The summed E-state index contributed by atoms with van der Waals surface area (Å²) < 4.78 is 0. The van der Waals surface area contributed by atoms with Gasteiger partial charge in [0.15, 0.2) is 0 Å². The molecule has 1 amide bonds. The molecule has 1 fully saturated rings. The van der Waals surface area contributed by atoms with E-state index in [0.717, 1.165) is 16.7 Å². The number of hydrogen-bond donors (Lipinski definition) is 1. The van der Waals surface area contributed by atoms with E-state index >= 15 is 0 Å². The summed E-state index contributed by atoms with van der Waals surface area (Å²) in [6.07, 6.45) is 0. The van der Waals surface area contributed by atoms with Crippen molar-refractivity contribution in [1.29, 1.82) is 0 Å². The van der Waals surface area contributed by atoms with E-state index in [1.807, 2.05) is 73.7 Å². The molecule has 1 aliphatic rings.